The number of carbonyl (C=O) groups excluding carboxylic acids is 1. The van der Waals surface area contributed by atoms with Crippen LogP contribution in [-0.4, -0.2) is 59.4 Å². The molecule has 2 amide bonds. The van der Waals surface area contributed by atoms with Gasteiger partial charge in [0.2, 0.25) is 11.2 Å². The number of benzene rings is 1. The van der Waals surface area contributed by atoms with Crippen LogP contribution in [0.15, 0.2) is 30.3 Å². The Bertz CT molecular complexity index is 1270. The number of hydrogen-bond acceptors (Lipinski definition) is 7. The number of nitrogens with one attached hydrogen (secondary N) is 2. The first-order valence-corrected chi connectivity index (χ1v) is 12.9. The van der Waals surface area contributed by atoms with Gasteiger partial charge in [-0.1, -0.05) is 32.9 Å². The molecule has 1 aliphatic heterocycles. The first-order chi connectivity index (χ1) is 17.0. The zero-order valence-electron chi connectivity index (χ0n) is 20.7. The highest BCUT2D eigenvalue weighted by Crippen LogP contribution is 2.39. The summed E-state index contributed by atoms with van der Waals surface area (Å²) in [7, 11) is 0. The van der Waals surface area contributed by atoms with Gasteiger partial charge in [0.05, 0.1) is 29.3 Å². The molecule has 0 aliphatic carbocycles. The summed E-state index contributed by atoms with van der Waals surface area (Å²) in [5.41, 5.74) is 1.86. The molecular formula is C25H30ClN5O4S. The van der Waals surface area contributed by atoms with Crippen molar-refractivity contribution in [1.82, 2.24) is 15.3 Å². The van der Waals surface area contributed by atoms with Crippen molar-refractivity contribution in [2.45, 2.75) is 33.7 Å². The van der Waals surface area contributed by atoms with E-state index in [2.05, 4.69) is 25.5 Å². The predicted molar refractivity (Wildman–Crippen MR) is 143 cm³/mol. The fourth-order valence-electron chi connectivity index (χ4n) is 4.64. The molecule has 192 valence electrons. The molecule has 2 unspecified atom stereocenters. The maximum atomic E-state index is 13.2. The number of carboxylic acid groups (broad SMARTS) is 1. The maximum Gasteiger partial charge on any atom is 0.404 e. The quantitative estimate of drug-likeness (QED) is 0.378. The van der Waals surface area contributed by atoms with E-state index in [1.54, 1.807) is 18.3 Å². The van der Waals surface area contributed by atoms with Gasteiger partial charge in [0.15, 0.2) is 5.82 Å². The average molecular weight is 532 g/mol. The molecule has 11 heteroatoms. The predicted octanol–water partition coefficient (Wildman–Crippen LogP) is 5.11. The summed E-state index contributed by atoms with van der Waals surface area (Å²) in [6.45, 7) is 10.2. The number of fused-ring (bicyclic) bond motifs is 1. The lowest BCUT2D eigenvalue weighted by Crippen LogP contribution is -2.48. The summed E-state index contributed by atoms with van der Waals surface area (Å²) < 4.78 is 6.42. The topological polar surface area (TPSA) is 117 Å². The lowest BCUT2D eigenvalue weighted by molar-refractivity contribution is -0.123. The number of hydrogen-bond donors (Lipinski definition) is 3. The van der Waals surface area contributed by atoms with E-state index < -0.39 is 23.5 Å². The highest BCUT2D eigenvalue weighted by molar-refractivity contribution is 7.22. The number of aromatic nitrogens is 2. The Labute approximate surface area is 218 Å². The number of halogens is 1. The number of ether oxygens (including phenoxy) is 1. The van der Waals surface area contributed by atoms with Crippen LogP contribution in [0.3, 0.4) is 0 Å². The molecule has 0 bridgehead atoms. The molecule has 36 heavy (non-hydrogen) atoms. The van der Waals surface area contributed by atoms with E-state index in [0.717, 1.165) is 39.6 Å². The van der Waals surface area contributed by atoms with Gasteiger partial charge in [-0.15, -0.1) is 11.3 Å². The Kier molecular flexibility index (Phi) is 7.67. The number of rotatable bonds is 6. The Morgan fingerprint density at radius 2 is 1.92 bits per heavy atom. The molecule has 9 nitrogen and oxygen atoms in total. The Morgan fingerprint density at radius 3 is 2.58 bits per heavy atom. The van der Waals surface area contributed by atoms with Gasteiger partial charge in [-0.3, -0.25) is 4.79 Å². The SMILES string of the molecule is CC(NC(=O)O)C(C(=O)Nc1cccc(-c2cc3nc(Cl)nc(N4CCOCC4)c3s2)c1)C(C)(C)C. The first kappa shape index (κ1) is 26.1. The molecule has 1 aromatic carbocycles. The summed E-state index contributed by atoms with van der Waals surface area (Å²) in [4.78, 5) is 36.5. The third kappa shape index (κ3) is 5.88. The van der Waals surface area contributed by atoms with Crippen molar-refractivity contribution in [2.24, 2.45) is 11.3 Å². The fourth-order valence-corrected chi connectivity index (χ4v) is 5.92. The molecule has 0 radical (unpaired) electrons. The smallest absolute Gasteiger partial charge is 0.404 e. The standard InChI is InChI=1S/C25H30ClN5O4S/c1-14(27-24(33)34)19(25(2,3)4)22(32)28-16-7-5-6-15(12-16)18-13-17-20(36-18)21(30-23(26)29-17)31-8-10-35-11-9-31/h5-7,12-14,19,27H,8-11H2,1-4H3,(H,28,32)(H,33,34). The Balaban J connectivity index is 1.62. The molecule has 3 heterocycles. The van der Waals surface area contributed by atoms with Crippen molar-refractivity contribution in [3.05, 3.63) is 35.6 Å². The van der Waals surface area contributed by atoms with Crippen molar-refractivity contribution in [2.75, 3.05) is 36.5 Å². The number of anilines is 2. The molecule has 1 aliphatic rings. The first-order valence-electron chi connectivity index (χ1n) is 11.7. The molecular weight excluding hydrogens is 502 g/mol. The van der Waals surface area contributed by atoms with Crippen LogP contribution in [0.25, 0.3) is 20.7 Å². The van der Waals surface area contributed by atoms with Crippen molar-refractivity contribution >= 4 is 56.7 Å². The van der Waals surface area contributed by atoms with Gasteiger partial charge in [0.25, 0.3) is 0 Å². The second-order valence-corrected chi connectivity index (χ2v) is 11.3. The van der Waals surface area contributed by atoms with Crippen molar-refractivity contribution in [3.63, 3.8) is 0 Å². The van der Waals surface area contributed by atoms with Gasteiger partial charge >= 0.3 is 6.09 Å². The largest absolute Gasteiger partial charge is 0.465 e. The fraction of sp³-hybridized carbons (Fsp3) is 0.440. The second-order valence-electron chi connectivity index (χ2n) is 9.89. The molecule has 0 spiro atoms. The van der Waals surface area contributed by atoms with Crippen LogP contribution in [0.2, 0.25) is 5.28 Å². The highest BCUT2D eigenvalue weighted by atomic mass is 35.5. The molecule has 4 rings (SSSR count). The molecule has 2 aromatic heterocycles. The van der Waals surface area contributed by atoms with Gasteiger partial charge in [0, 0.05) is 29.7 Å². The van der Waals surface area contributed by atoms with Gasteiger partial charge in [-0.25, -0.2) is 9.78 Å². The van der Waals surface area contributed by atoms with Gasteiger partial charge in [-0.2, -0.15) is 4.98 Å². The van der Waals surface area contributed by atoms with Crippen molar-refractivity contribution in [3.8, 4) is 10.4 Å². The van der Waals surface area contributed by atoms with Crippen LogP contribution in [0.4, 0.5) is 16.3 Å². The van der Waals surface area contributed by atoms with E-state index in [0.29, 0.717) is 18.9 Å². The van der Waals surface area contributed by atoms with Crippen LogP contribution >= 0.6 is 22.9 Å². The van der Waals surface area contributed by atoms with Crippen LogP contribution in [0, 0.1) is 11.3 Å². The maximum absolute atomic E-state index is 13.2. The van der Waals surface area contributed by atoms with Crippen LogP contribution in [-0.2, 0) is 9.53 Å². The molecule has 1 saturated heterocycles. The lowest BCUT2D eigenvalue weighted by Gasteiger charge is -2.34. The third-order valence-corrected chi connectivity index (χ3v) is 7.46. The second kappa shape index (κ2) is 10.6. The minimum absolute atomic E-state index is 0.201. The van der Waals surface area contributed by atoms with Crippen molar-refractivity contribution < 1.29 is 19.4 Å². The van der Waals surface area contributed by atoms with E-state index in [9.17, 15) is 9.59 Å². The van der Waals surface area contributed by atoms with E-state index in [1.165, 1.54) is 0 Å². The summed E-state index contributed by atoms with van der Waals surface area (Å²) in [5, 5.41) is 14.8. The number of morpholine rings is 1. The summed E-state index contributed by atoms with van der Waals surface area (Å²) in [5.74, 6) is -0.0125. The molecule has 2 atom stereocenters. The van der Waals surface area contributed by atoms with Crippen LogP contribution in [0.1, 0.15) is 27.7 Å². The summed E-state index contributed by atoms with van der Waals surface area (Å²) >= 11 is 7.81. The highest BCUT2D eigenvalue weighted by Gasteiger charge is 2.36. The number of thiophene rings is 1. The lowest BCUT2D eigenvalue weighted by atomic mass is 9.76. The van der Waals surface area contributed by atoms with E-state index in [4.69, 9.17) is 21.4 Å². The zero-order chi connectivity index (χ0) is 26.0. The molecule has 0 saturated carbocycles. The van der Waals surface area contributed by atoms with Gasteiger partial charge in [0.1, 0.15) is 0 Å². The summed E-state index contributed by atoms with van der Waals surface area (Å²) in [6, 6.07) is 8.99. The Morgan fingerprint density at radius 1 is 1.19 bits per heavy atom. The number of amides is 2. The minimum atomic E-state index is -1.16. The number of nitrogens with zero attached hydrogens (tertiary/aromatic N) is 3. The minimum Gasteiger partial charge on any atom is -0.465 e. The van der Waals surface area contributed by atoms with E-state index in [-0.39, 0.29) is 11.2 Å². The van der Waals surface area contributed by atoms with Crippen molar-refractivity contribution in [1.29, 1.82) is 0 Å². The molecule has 3 N–H and O–H groups in total. The van der Waals surface area contributed by atoms with E-state index in [1.807, 2.05) is 51.1 Å². The monoisotopic (exact) mass is 531 g/mol. The number of carbonyl (C=O) groups is 2. The van der Waals surface area contributed by atoms with E-state index >= 15 is 0 Å². The van der Waals surface area contributed by atoms with Crippen LogP contribution < -0.4 is 15.5 Å². The zero-order valence-corrected chi connectivity index (χ0v) is 22.2. The third-order valence-electron chi connectivity index (χ3n) is 6.12. The van der Waals surface area contributed by atoms with Crippen LogP contribution in [0.5, 0.6) is 0 Å². The molecule has 3 aromatic rings. The Hall–Kier alpha value is -2.95. The molecule has 1 fully saturated rings. The summed E-state index contributed by atoms with van der Waals surface area (Å²) in [6.07, 6.45) is -1.16. The average Bonchev–Trinajstić information content (AvgIpc) is 3.22. The normalized spacial score (nSPS) is 16.0. The van der Waals surface area contributed by atoms with Gasteiger partial charge in [-0.05, 0) is 47.7 Å². The van der Waals surface area contributed by atoms with Gasteiger partial charge < -0.3 is 25.4 Å².